The van der Waals surface area contributed by atoms with Gasteiger partial charge in [-0.1, -0.05) is 35.9 Å². The molecule has 0 atom stereocenters. The van der Waals surface area contributed by atoms with Crippen LogP contribution in [-0.2, 0) is 16.0 Å². The van der Waals surface area contributed by atoms with Gasteiger partial charge in [0.05, 0.1) is 10.7 Å². The average molecular weight is 319 g/mol. The molecule has 0 radical (unpaired) electrons. The summed E-state index contributed by atoms with van der Waals surface area (Å²) in [5, 5.41) is 14.5. The van der Waals surface area contributed by atoms with Crippen molar-refractivity contribution >= 4 is 29.1 Å². The Hall–Kier alpha value is -2.53. The molecule has 0 heterocycles. The molecule has 0 aliphatic heterocycles. The van der Waals surface area contributed by atoms with Crippen molar-refractivity contribution < 1.29 is 14.7 Å². The van der Waals surface area contributed by atoms with Crippen molar-refractivity contribution in [1.82, 2.24) is 5.32 Å². The van der Waals surface area contributed by atoms with Crippen LogP contribution < -0.4 is 10.6 Å². The molecule has 22 heavy (non-hydrogen) atoms. The molecule has 114 valence electrons. The average Bonchev–Trinajstić information content (AvgIpc) is 2.51. The van der Waals surface area contributed by atoms with Gasteiger partial charge in [-0.3, -0.25) is 9.59 Å². The zero-order chi connectivity index (χ0) is 15.9. The van der Waals surface area contributed by atoms with Gasteiger partial charge in [-0.15, -0.1) is 0 Å². The number of phenolic OH excluding ortho intramolecular Hbond substituents is 1. The number of carbonyl (C=O) groups is 2. The maximum Gasteiger partial charge on any atom is 0.313 e. The fourth-order valence-corrected chi connectivity index (χ4v) is 1.99. The Labute approximate surface area is 132 Å². The van der Waals surface area contributed by atoms with E-state index in [9.17, 15) is 14.7 Å². The lowest BCUT2D eigenvalue weighted by molar-refractivity contribution is -0.136. The van der Waals surface area contributed by atoms with Crippen LogP contribution in [0.3, 0.4) is 0 Å². The van der Waals surface area contributed by atoms with Crippen molar-refractivity contribution in [2.75, 3.05) is 11.9 Å². The van der Waals surface area contributed by atoms with Gasteiger partial charge in [0.15, 0.2) is 0 Å². The molecule has 2 aromatic rings. The minimum Gasteiger partial charge on any atom is -0.508 e. The number of para-hydroxylation sites is 1. The highest BCUT2D eigenvalue weighted by atomic mass is 35.5. The number of halogens is 1. The molecule has 0 bridgehead atoms. The van der Waals surface area contributed by atoms with Gasteiger partial charge in [-0.25, -0.2) is 0 Å². The van der Waals surface area contributed by atoms with E-state index in [2.05, 4.69) is 10.6 Å². The van der Waals surface area contributed by atoms with Crippen LogP contribution in [0.25, 0.3) is 0 Å². The first-order valence-corrected chi connectivity index (χ1v) is 7.05. The lowest BCUT2D eigenvalue weighted by Crippen LogP contribution is -2.36. The van der Waals surface area contributed by atoms with Gasteiger partial charge in [0.25, 0.3) is 0 Å². The summed E-state index contributed by atoms with van der Waals surface area (Å²) in [6, 6.07) is 13.3. The van der Waals surface area contributed by atoms with Gasteiger partial charge in [-0.2, -0.15) is 0 Å². The van der Waals surface area contributed by atoms with Crippen molar-refractivity contribution in [1.29, 1.82) is 0 Å². The highest BCUT2D eigenvalue weighted by Crippen LogP contribution is 2.20. The highest BCUT2D eigenvalue weighted by Gasteiger charge is 2.14. The van der Waals surface area contributed by atoms with Crippen LogP contribution in [0.2, 0.25) is 5.02 Å². The van der Waals surface area contributed by atoms with E-state index in [1.54, 1.807) is 48.5 Å². The fourth-order valence-electron chi connectivity index (χ4n) is 1.80. The van der Waals surface area contributed by atoms with Crippen molar-refractivity contribution in [3.8, 4) is 5.75 Å². The van der Waals surface area contributed by atoms with Crippen LogP contribution >= 0.6 is 11.6 Å². The number of amides is 2. The van der Waals surface area contributed by atoms with E-state index in [-0.39, 0.29) is 5.75 Å². The molecular weight excluding hydrogens is 304 g/mol. The zero-order valence-electron chi connectivity index (χ0n) is 11.7. The second-order valence-corrected chi connectivity index (χ2v) is 5.01. The van der Waals surface area contributed by atoms with Crippen LogP contribution in [0, 0.1) is 0 Å². The van der Waals surface area contributed by atoms with Gasteiger partial charge in [0.1, 0.15) is 5.75 Å². The van der Waals surface area contributed by atoms with E-state index in [1.165, 1.54) is 0 Å². The summed E-state index contributed by atoms with van der Waals surface area (Å²) < 4.78 is 0. The number of benzene rings is 2. The Morgan fingerprint density at radius 1 is 1.00 bits per heavy atom. The first kappa shape index (κ1) is 15.9. The number of rotatable bonds is 4. The third-order valence-electron chi connectivity index (χ3n) is 2.96. The smallest absolute Gasteiger partial charge is 0.313 e. The van der Waals surface area contributed by atoms with E-state index in [1.807, 2.05) is 0 Å². The number of anilines is 1. The number of carbonyl (C=O) groups excluding carboxylic acids is 2. The molecule has 0 saturated heterocycles. The molecule has 0 unspecified atom stereocenters. The molecule has 0 aliphatic carbocycles. The molecule has 0 aromatic heterocycles. The molecule has 2 rings (SSSR count). The third-order valence-corrected chi connectivity index (χ3v) is 3.29. The van der Waals surface area contributed by atoms with Crippen LogP contribution in [0.1, 0.15) is 5.56 Å². The van der Waals surface area contributed by atoms with E-state index in [4.69, 9.17) is 11.6 Å². The third kappa shape index (κ3) is 4.49. The Bertz CT molecular complexity index is 671. The van der Waals surface area contributed by atoms with Crippen molar-refractivity contribution in [2.24, 2.45) is 0 Å². The SMILES string of the molecule is O=C(NCCc1ccc(O)cc1)C(=O)Nc1ccccc1Cl. The molecule has 6 heteroatoms. The minimum atomic E-state index is -0.765. The van der Waals surface area contributed by atoms with Gasteiger partial charge in [0, 0.05) is 6.54 Å². The minimum absolute atomic E-state index is 0.187. The molecule has 3 N–H and O–H groups in total. The second-order valence-electron chi connectivity index (χ2n) is 4.61. The molecule has 0 saturated carbocycles. The molecule has 5 nitrogen and oxygen atoms in total. The second kappa shape index (κ2) is 7.47. The molecule has 0 fully saturated rings. The highest BCUT2D eigenvalue weighted by molar-refractivity contribution is 6.41. The van der Waals surface area contributed by atoms with Crippen molar-refractivity contribution in [2.45, 2.75) is 6.42 Å². The number of hydrogen-bond acceptors (Lipinski definition) is 3. The van der Waals surface area contributed by atoms with Crippen molar-refractivity contribution in [3.63, 3.8) is 0 Å². The summed E-state index contributed by atoms with van der Waals surface area (Å²) in [4.78, 5) is 23.4. The quantitative estimate of drug-likeness (QED) is 0.757. The molecule has 2 amide bonds. The predicted molar refractivity (Wildman–Crippen MR) is 84.9 cm³/mol. The maximum atomic E-state index is 11.7. The van der Waals surface area contributed by atoms with Crippen LogP contribution in [0.5, 0.6) is 5.75 Å². The first-order valence-electron chi connectivity index (χ1n) is 6.68. The summed E-state index contributed by atoms with van der Waals surface area (Å²) in [5.41, 5.74) is 1.34. The fraction of sp³-hybridized carbons (Fsp3) is 0.125. The summed E-state index contributed by atoms with van der Waals surface area (Å²) >= 11 is 5.90. The Balaban J connectivity index is 1.80. The monoisotopic (exact) mass is 318 g/mol. The normalized spacial score (nSPS) is 10.0. The van der Waals surface area contributed by atoms with Gasteiger partial charge in [0.2, 0.25) is 0 Å². The van der Waals surface area contributed by atoms with Gasteiger partial charge in [-0.05, 0) is 36.2 Å². The van der Waals surface area contributed by atoms with Crippen molar-refractivity contribution in [3.05, 3.63) is 59.1 Å². The summed E-state index contributed by atoms with van der Waals surface area (Å²) in [6.45, 7) is 0.319. The van der Waals surface area contributed by atoms with E-state index in [0.29, 0.717) is 23.7 Å². The van der Waals surface area contributed by atoms with Gasteiger partial charge < -0.3 is 15.7 Å². The number of nitrogens with one attached hydrogen (secondary N) is 2. The Kier molecular flexibility index (Phi) is 5.38. The topological polar surface area (TPSA) is 78.4 Å². The summed E-state index contributed by atoms with van der Waals surface area (Å²) in [5.74, 6) is -1.30. The predicted octanol–water partition coefficient (Wildman–Crippen LogP) is 2.34. The lowest BCUT2D eigenvalue weighted by Gasteiger charge is -2.08. The molecule has 0 spiro atoms. The summed E-state index contributed by atoms with van der Waals surface area (Å²) in [7, 11) is 0. The Morgan fingerprint density at radius 3 is 2.36 bits per heavy atom. The maximum absolute atomic E-state index is 11.7. The van der Waals surface area contributed by atoms with E-state index < -0.39 is 11.8 Å². The van der Waals surface area contributed by atoms with Crippen LogP contribution in [0.4, 0.5) is 5.69 Å². The standard InChI is InChI=1S/C16H15ClN2O3/c17-13-3-1-2-4-14(13)19-16(22)15(21)18-10-9-11-5-7-12(20)8-6-11/h1-8,20H,9-10H2,(H,18,21)(H,19,22). The number of aromatic hydroxyl groups is 1. The zero-order valence-corrected chi connectivity index (χ0v) is 12.4. The van der Waals surface area contributed by atoms with Crippen LogP contribution in [-0.4, -0.2) is 23.5 Å². The Morgan fingerprint density at radius 2 is 1.68 bits per heavy atom. The molecule has 0 aliphatic rings. The van der Waals surface area contributed by atoms with E-state index in [0.717, 1.165) is 5.56 Å². The van der Waals surface area contributed by atoms with E-state index >= 15 is 0 Å². The molecular formula is C16H15ClN2O3. The first-order chi connectivity index (χ1) is 10.6. The van der Waals surface area contributed by atoms with Gasteiger partial charge >= 0.3 is 11.8 Å². The molecule has 2 aromatic carbocycles. The lowest BCUT2D eigenvalue weighted by atomic mass is 10.1. The summed E-state index contributed by atoms with van der Waals surface area (Å²) in [6.07, 6.45) is 0.561. The number of phenols is 1. The largest absolute Gasteiger partial charge is 0.508 e. The van der Waals surface area contributed by atoms with Crippen LogP contribution in [0.15, 0.2) is 48.5 Å². The number of hydrogen-bond donors (Lipinski definition) is 3.